The Labute approximate surface area is 130 Å². The summed E-state index contributed by atoms with van der Waals surface area (Å²) in [6.45, 7) is 0. The summed E-state index contributed by atoms with van der Waals surface area (Å²) >= 11 is 13.3. The lowest BCUT2D eigenvalue weighted by Crippen LogP contribution is -2.14. The van der Waals surface area contributed by atoms with Crippen molar-refractivity contribution in [2.45, 2.75) is 4.90 Å². The molecule has 2 aromatic rings. The summed E-state index contributed by atoms with van der Waals surface area (Å²) in [7, 11) is 0. The van der Waals surface area contributed by atoms with E-state index in [4.69, 9.17) is 28.9 Å². The highest BCUT2D eigenvalue weighted by Crippen LogP contribution is 2.30. The van der Waals surface area contributed by atoms with E-state index < -0.39 is 0 Å². The molecule has 0 fully saturated rings. The maximum absolute atomic E-state index is 11.9. The van der Waals surface area contributed by atoms with Crippen LogP contribution < -0.4 is 11.1 Å². The molecule has 7 heteroatoms. The zero-order valence-electron chi connectivity index (χ0n) is 10.3. The molecule has 0 spiro atoms. The second kappa shape index (κ2) is 6.83. The number of nitrogens with one attached hydrogen (secondary N) is 1. The summed E-state index contributed by atoms with van der Waals surface area (Å²) in [5, 5.41) is 3.49. The monoisotopic (exact) mass is 327 g/mol. The van der Waals surface area contributed by atoms with Crippen LogP contribution in [0, 0.1) is 0 Å². The number of hydrogen-bond donors (Lipinski definition) is 2. The molecular weight excluding hydrogens is 317 g/mol. The number of nitrogens with zero attached hydrogens (tertiary/aromatic N) is 1. The van der Waals surface area contributed by atoms with Crippen LogP contribution in [-0.4, -0.2) is 16.6 Å². The Kier molecular flexibility index (Phi) is 5.11. The van der Waals surface area contributed by atoms with Crippen molar-refractivity contribution in [3.63, 3.8) is 0 Å². The lowest BCUT2D eigenvalue weighted by atomic mass is 10.3. The first-order chi connectivity index (χ1) is 9.58. The number of thioether (sulfide) groups is 1. The lowest BCUT2D eigenvalue weighted by molar-refractivity contribution is -0.113. The average Bonchev–Trinajstić information content (AvgIpc) is 2.42. The predicted molar refractivity (Wildman–Crippen MR) is 84.5 cm³/mol. The molecule has 0 radical (unpaired) electrons. The quantitative estimate of drug-likeness (QED) is 0.840. The number of carbonyl (C=O) groups is 1. The molecule has 0 bridgehead atoms. The SMILES string of the molecule is Nc1cnccc1SCC(=O)Nc1c(Cl)cccc1Cl. The lowest BCUT2D eigenvalue weighted by Gasteiger charge is -2.09. The number of hydrogen-bond acceptors (Lipinski definition) is 4. The van der Waals surface area contributed by atoms with Gasteiger partial charge in [0.2, 0.25) is 5.91 Å². The molecule has 0 saturated carbocycles. The second-order valence-corrected chi connectivity index (χ2v) is 5.68. The Morgan fingerprint density at radius 2 is 2.00 bits per heavy atom. The van der Waals surface area contributed by atoms with Crippen molar-refractivity contribution in [2.75, 3.05) is 16.8 Å². The van der Waals surface area contributed by atoms with E-state index in [0.717, 1.165) is 4.90 Å². The Hall–Kier alpha value is -1.43. The van der Waals surface area contributed by atoms with Gasteiger partial charge in [0.05, 0.1) is 33.4 Å². The molecule has 0 saturated heterocycles. The van der Waals surface area contributed by atoms with E-state index in [-0.39, 0.29) is 11.7 Å². The summed E-state index contributed by atoms with van der Waals surface area (Å²) in [6.07, 6.45) is 3.17. The van der Waals surface area contributed by atoms with E-state index in [1.807, 2.05) is 0 Å². The largest absolute Gasteiger partial charge is 0.397 e. The summed E-state index contributed by atoms with van der Waals surface area (Å²) in [5.74, 6) is -0.00308. The van der Waals surface area contributed by atoms with Crippen LogP contribution in [0.2, 0.25) is 10.0 Å². The van der Waals surface area contributed by atoms with Crippen LogP contribution >= 0.6 is 35.0 Å². The third-order valence-electron chi connectivity index (χ3n) is 2.40. The van der Waals surface area contributed by atoms with Gasteiger partial charge < -0.3 is 11.1 Å². The molecule has 3 N–H and O–H groups in total. The first kappa shape index (κ1) is 15.0. The number of rotatable bonds is 4. The average molecular weight is 328 g/mol. The molecule has 0 unspecified atom stereocenters. The van der Waals surface area contributed by atoms with Gasteiger partial charge in [-0.2, -0.15) is 0 Å². The van der Waals surface area contributed by atoms with Gasteiger partial charge in [-0.1, -0.05) is 29.3 Å². The van der Waals surface area contributed by atoms with Gasteiger partial charge in [0.1, 0.15) is 0 Å². The topological polar surface area (TPSA) is 68.0 Å². The number of nitrogens with two attached hydrogens (primary N) is 1. The fourth-order valence-corrected chi connectivity index (χ4v) is 2.69. The summed E-state index contributed by atoms with van der Waals surface area (Å²) in [6, 6.07) is 6.80. The maximum atomic E-state index is 11.9. The summed E-state index contributed by atoms with van der Waals surface area (Å²) in [5.41, 5.74) is 6.71. The molecule has 104 valence electrons. The van der Waals surface area contributed by atoms with E-state index in [1.54, 1.807) is 36.7 Å². The van der Waals surface area contributed by atoms with Crippen LogP contribution in [-0.2, 0) is 4.79 Å². The van der Waals surface area contributed by atoms with Crippen molar-refractivity contribution in [2.24, 2.45) is 0 Å². The van der Waals surface area contributed by atoms with Crippen LogP contribution in [0.3, 0.4) is 0 Å². The molecule has 20 heavy (non-hydrogen) atoms. The van der Waals surface area contributed by atoms with Gasteiger partial charge in [-0.15, -0.1) is 11.8 Å². The zero-order valence-corrected chi connectivity index (χ0v) is 12.6. The molecule has 1 aromatic carbocycles. The molecule has 0 aliphatic carbocycles. The second-order valence-electron chi connectivity index (χ2n) is 3.85. The fraction of sp³-hybridized carbons (Fsp3) is 0.0769. The first-order valence-electron chi connectivity index (χ1n) is 5.64. The minimum atomic E-state index is -0.207. The van der Waals surface area contributed by atoms with Crippen molar-refractivity contribution in [1.29, 1.82) is 0 Å². The van der Waals surface area contributed by atoms with Crippen LogP contribution in [0.5, 0.6) is 0 Å². The van der Waals surface area contributed by atoms with E-state index in [9.17, 15) is 4.79 Å². The molecule has 1 aromatic heterocycles. The van der Waals surface area contributed by atoms with E-state index in [2.05, 4.69) is 10.3 Å². The first-order valence-corrected chi connectivity index (χ1v) is 7.38. The fourth-order valence-electron chi connectivity index (χ4n) is 1.46. The third-order valence-corrected chi connectivity index (χ3v) is 4.12. The maximum Gasteiger partial charge on any atom is 0.234 e. The van der Waals surface area contributed by atoms with Crippen LogP contribution in [0.15, 0.2) is 41.6 Å². The Bertz CT molecular complexity index is 617. The highest BCUT2D eigenvalue weighted by Gasteiger charge is 2.10. The normalized spacial score (nSPS) is 10.3. The number of amides is 1. The van der Waals surface area contributed by atoms with Gasteiger partial charge in [-0.25, -0.2) is 0 Å². The number of anilines is 2. The molecule has 0 aliphatic heterocycles. The number of benzene rings is 1. The predicted octanol–water partition coefficient (Wildman–Crippen LogP) is 3.70. The van der Waals surface area contributed by atoms with E-state index in [1.165, 1.54) is 11.8 Å². The standard InChI is InChI=1S/C13H11Cl2N3OS/c14-8-2-1-3-9(15)13(8)18-12(19)7-20-11-4-5-17-6-10(11)16/h1-6H,7,16H2,(H,18,19). The molecule has 1 amide bonds. The molecular formula is C13H11Cl2N3OS. The Morgan fingerprint density at radius 3 is 2.65 bits per heavy atom. The smallest absolute Gasteiger partial charge is 0.234 e. The molecule has 0 atom stereocenters. The number of nitrogen functional groups attached to an aromatic ring is 1. The molecule has 0 aliphatic rings. The number of para-hydroxylation sites is 1. The Morgan fingerprint density at radius 1 is 1.30 bits per heavy atom. The van der Waals surface area contributed by atoms with Gasteiger partial charge in [0, 0.05) is 11.1 Å². The van der Waals surface area contributed by atoms with Gasteiger partial charge in [0.25, 0.3) is 0 Å². The number of pyridine rings is 1. The molecule has 2 rings (SSSR count). The number of aromatic nitrogens is 1. The number of carbonyl (C=O) groups excluding carboxylic acids is 1. The molecule has 1 heterocycles. The minimum absolute atomic E-state index is 0.204. The van der Waals surface area contributed by atoms with Gasteiger partial charge in [0.15, 0.2) is 0 Å². The third kappa shape index (κ3) is 3.79. The van der Waals surface area contributed by atoms with Crippen molar-refractivity contribution in [1.82, 2.24) is 4.98 Å². The summed E-state index contributed by atoms with van der Waals surface area (Å²) < 4.78 is 0. The minimum Gasteiger partial charge on any atom is -0.397 e. The Balaban J connectivity index is 1.98. The van der Waals surface area contributed by atoms with Crippen molar-refractivity contribution < 1.29 is 4.79 Å². The highest BCUT2D eigenvalue weighted by molar-refractivity contribution is 8.00. The van der Waals surface area contributed by atoms with Gasteiger partial charge in [-0.05, 0) is 18.2 Å². The zero-order chi connectivity index (χ0) is 14.5. The van der Waals surface area contributed by atoms with Gasteiger partial charge in [-0.3, -0.25) is 9.78 Å². The van der Waals surface area contributed by atoms with Crippen molar-refractivity contribution >= 4 is 52.2 Å². The summed E-state index contributed by atoms with van der Waals surface area (Å²) in [4.78, 5) is 16.6. The van der Waals surface area contributed by atoms with Crippen LogP contribution in [0.4, 0.5) is 11.4 Å². The highest BCUT2D eigenvalue weighted by atomic mass is 35.5. The van der Waals surface area contributed by atoms with Gasteiger partial charge >= 0.3 is 0 Å². The van der Waals surface area contributed by atoms with Crippen molar-refractivity contribution in [3.8, 4) is 0 Å². The van der Waals surface area contributed by atoms with E-state index in [0.29, 0.717) is 21.4 Å². The van der Waals surface area contributed by atoms with E-state index >= 15 is 0 Å². The number of halogens is 2. The molecule has 4 nitrogen and oxygen atoms in total. The van der Waals surface area contributed by atoms with Crippen molar-refractivity contribution in [3.05, 3.63) is 46.7 Å². The van der Waals surface area contributed by atoms with Crippen LogP contribution in [0.25, 0.3) is 0 Å². The van der Waals surface area contributed by atoms with Crippen LogP contribution in [0.1, 0.15) is 0 Å².